The van der Waals surface area contributed by atoms with Crippen LogP contribution in [0.1, 0.15) is 25.8 Å². The molecule has 1 aromatic rings. The van der Waals surface area contributed by atoms with Crippen LogP contribution in [0.25, 0.3) is 0 Å². The molecule has 0 aromatic carbocycles. The van der Waals surface area contributed by atoms with Crippen LogP contribution in [0.2, 0.25) is 5.02 Å². The van der Waals surface area contributed by atoms with Gasteiger partial charge in [0.05, 0.1) is 5.02 Å². The van der Waals surface area contributed by atoms with Crippen molar-refractivity contribution in [1.29, 1.82) is 0 Å². The maximum absolute atomic E-state index is 7.00. The third-order valence-electron chi connectivity index (χ3n) is 1.75. The predicted molar refractivity (Wildman–Crippen MR) is 59.8 cm³/mol. The summed E-state index contributed by atoms with van der Waals surface area (Å²) in [7, 11) is 2.66. The zero-order chi connectivity index (χ0) is 11.8. The number of hydrogen-bond donors (Lipinski definition) is 1. The second-order valence-electron chi connectivity index (χ2n) is 3.16. The Bertz CT molecular complexity index is 265. The first kappa shape index (κ1) is 14.3. The summed E-state index contributed by atoms with van der Waals surface area (Å²) in [6.45, 7) is 4.12. The third-order valence-corrected chi connectivity index (χ3v) is 1.95. The first-order valence-corrected chi connectivity index (χ1v) is 4.98. The molecule has 0 amide bonds. The predicted octanol–water partition coefficient (Wildman–Crippen LogP) is 2.08. The smallest absolute Gasteiger partial charge is 0.157 e. The van der Waals surface area contributed by atoms with Crippen LogP contribution in [0.4, 0.5) is 0 Å². The van der Waals surface area contributed by atoms with Crippen LogP contribution in [-0.4, -0.2) is 29.3 Å². The lowest BCUT2D eigenvalue weighted by atomic mass is 10.1. The fourth-order valence-corrected chi connectivity index (χ4v) is 1.24. The molecule has 0 aliphatic rings. The Morgan fingerprint density at radius 1 is 1.27 bits per heavy atom. The van der Waals surface area contributed by atoms with Crippen molar-refractivity contribution in [2.24, 2.45) is 5.92 Å². The van der Waals surface area contributed by atoms with Gasteiger partial charge in [0, 0.05) is 26.6 Å². The molecule has 86 valence electrons. The molecule has 1 rings (SSSR count). The highest BCUT2D eigenvalue weighted by atomic mass is 35.5. The summed E-state index contributed by atoms with van der Waals surface area (Å²) >= 11 is 5.67. The largest absolute Gasteiger partial charge is 0.400 e. The molecule has 0 bridgehead atoms. The van der Waals surface area contributed by atoms with Crippen LogP contribution < -0.4 is 0 Å². The highest BCUT2D eigenvalue weighted by Gasteiger charge is 2.17. The summed E-state index contributed by atoms with van der Waals surface area (Å²) in [5.74, 6) is 1.04. The summed E-state index contributed by atoms with van der Waals surface area (Å²) in [6, 6.07) is 0. The Labute approximate surface area is 95.3 Å². The van der Waals surface area contributed by atoms with Crippen molar-refractivity contribution in [3.05, 3.63) is 23.2 Å². The van der Waals surface area contributed by atoms with E-state index in [2.05, 4.69) is 23.8 Å². The van der Waals surface area contributed by atoms with E-state index < -0.39 is 0 Å². The number of hydrogen-bond acceptors (Lipinski definition) is 4. The molecule has 4 nitrogen and oxygen atoms in total. The number of ether oxygens (including phenoxy) is 1. The summed E-state index contributed by atoms with van der Waals surface area (Å²) < 4.78 is 5.27. The summed E-state index contributed by atoms with van der Waals surface area (Å²) in [4.78, 5) is 8.21. The summed E-state index contributed by atoms with van der Waals surface area (Å²) in [5.41, 5.74) is 0. The van der Waals surface area contributed by atoms with Gasteiger partial charge in [0.25, 0.3) is 0 Å². The molecule has 1 atom stereocenters. The first-order chi connectivity index (χ1) is 7.15. The molecule has 0 saturated heterocycles. The average Bonchev–Trinajstić information content (AvgIpc) is 2.24. The average molecular weight is 233 g/mol. The van der Waals surface area contributed by atoms with E-state index in [9.17, 15) is 0 Å². The SMILES string of the molecule is CO.COC(c1ncc(Cl)cn1)C(C)C. The number of rotatable bonds is 3. The van der Waals surface area contributed by atoms with Crippen LogP contribution in [0.5, 0.6) is 0 Å². The zero-order valence-corrected chi connectivity index (χ0v) is 10.2. The highest BCUT2D eigenvalue weighted by Crippen LogP contribution is 2.21. The lowest BCUT2D eigenvalue weighted by molar-refractivity contribution is 0.0574. The molecule has 0 radical (unpaired) electrons. The van der Waals surface area contributed by atoms with Crippen molar-refractivity contribution in [3.63, 3.8) is 0 Å². The van der Waals surface area contributed by atoms with E-state index in [0.717, 1.165) is 7.11 Å². The van der Waals surface area contributed by atoms with Crippen molar-refractivity contribution < 1.29 is 9.84 Å². The van der Waals surface area contributed by atoms with Crippen molar-refractivity contribution in [2.45, 2.75) is 20.0 Å². The molecule has 1 N–H and O–H groups in total. The molecule has 0 aliphatic heterocycles. The van der Waals surface area contributed by atoms with Crippen LogP contribution >= 0.6 is 11.6 Å². The fraction of sp³-hybridized carbons (Fsp3) is 0.600. The van der Waals surface area contributed by atoms with E-state index in [0.29, 0.717) is 16.8 Å². The topological polar surface area (TPSA) is 55.2 Å². The molecule has 1 aromatic heterocycles. The molecule has 1 unspecified atom stereocenters. The van der Waals surface area contributed by atoms with Gasteiger partial charge >= 0.3 is 0 Å². The normalized spacial score (nSPS) is 11.9. The molecule has 0 saturated carbocycles. The molecule has 0 fully saturated rings. The fourth-order valence-electron chi connectivity index (χ4n) is 1.14. The van der Waals surface area contributed by atoms with E-state index in [4.69, 9.17) is 21.4 Å². The first-order valence-electron chi connectivity index (χ1n) is 4.60. The monoisotopic (exact) mass is 232 g/mol. The highest BCUT2D eigenvalue weighted by molar-refractivity contribution is 6.30. The third kappa shape index (κ3) is 4.55. The molecular weight excluding hydrogens is 216 g/mol. The van der Waals surface area contributed by atoms with Crippen LogP contribution in [0.15, 0.2) is 12.4 Å². The van der Waals surface area contributed by atoms with Crippen molar-refractivity contribution in [2.75, 3.05) is 14.2 Å². The molecule has 5 heteroatoms. The lowest BCUT2D eigenvalue weighted by Gasteiger charge is -2.16. The summed E-state index contributed by atoms with van der Waals surface area (Å²) in [6.07, 6.45) is 3.11. The Morgan fingerprint density at radius 2 is 1.73 bits per heavy atom. The second-order valence-corrected chi connectivity index (χ2v) is 3.60. The Hall–Kier alpha value is -0.710. The van der Waals surface area contributed by atoms with Gasteiger partial charge in [-0.05, 0) is 5.92 Å². The number of methoxy groups -OCH3 is 1. The Kier molecular flexibility index (Phi) is 7.21. The van der Waals surface area contributed by atoms with Gasteiger partial charge in [0.1, 0.15) is 6.10 Å². The lowest BCUT2D eigenvalue weighted by Crippen LogP contribution is -2.12. The van der Waals surface area contributed by atoms with E-state index in [1.165, 1.54) is 0 Å². The van der Waals surface area contributed by atoms with Gasteiger partial charge in [-0.15, -0.1) is 0 Å². The minimum Gasteiger partial charge on any atom is -0.400 e. The zero-order valence-electron chi connectivity index (χ0n) is 9.44. The minimum atomic E-state index is -0.0581. The van der Waals surface area contributed by atoms with E-state index >= 15 is 0 Å². The van der Waals surface area contributed by atoms with Gasteiger partial charge in [-0.2, -0.15) is 0 Å². The molecule has 0 spiro atoms. The van der Waals surface area contributed by atoms with Gasteiger partial charge in [-0.1, -0.05) is 25.4 Å². The van der Waals surface area contributed by atoms with Crippen LogP contribution in [-0.2, 0) is 4.74 Å². The molecule has 15 heavy (non-hydrogen) atoms. The van der Waals surface area contributed by atoms with E-state index in [1.807, 2.05) is 0 Å². The quantitative estimate of drug-likeness (QED) is 0.867. The molecular formula is C10H17ClN2O2. The van der Waals surface area contributed by atoms with E-state index in [-0.39, 0.29) is 6.10 Å². The van der Waals surface area contributed by atoms with Crippen molar-refractivity contribution >= 4 is 11.6 Å². The van der Waals surface area contributed by atoms with Gasteiger partial charge in [0.15, 0.2) is 5.82 Å². The molecule has 1 heterocycles. The van der Waals surface area contributed by atoms with Crippen LogP contribution in [0, 0.1) is 5.92 Å². The number of aliphatic hydroxyl groups is 1. The van der Waals surface area contributed by atoms with Gasteiger partial charge in [0.2, 0.25) is 0 Å². The minimum absolute atomic E-state index is 0.0581. The maximum atomic E-state index is 7.00. The Morgan fingerprint density at radius 3 is 2.07 bits per heavy atom. The Balaban J connectivity index is 0.000000921. The number of aromatic nitrogens is 2. The van der Waals surface area contributed by atoms with Crippen LogP contribution in [0.3, 0.4) is 0 Å². The number of nitrogens with zero attached hydrogens (tertiary/aromatic N) is 2. The van der Waals surface area contributed by atoms with E-state index in [1.54, 1.807) is 19.5 Å². The standard InChI is InChI=1S/C9H13ClN2O.CH4O/c1-6(2)8(13-3)9-11-4-7(10)5-12-9;1-2/h4-6,8H,1-3H3;2H,1H3. The summed E-state index contributed by atoms with van der Waals surface area (Å²) in [5, 5.41) is 7.54. The van der Waals surface area contributed by atoms with Crippen molar-refractivity contribution in [3.8, 4) is 0 Å². The number of aliphatic hydroxyl groups excluding tert-OH is 1. The van der Waals surface area contributed by atoms with Crippen molar-refractivity contribution in [1.82, 2.24) is 9.97 Å². The molecule has 0 aliphatic carbocycles. The second kappa shape index (κ2) is 7.56. The van der Waals surface area contributed by atoms with Gasteiger partial charge in [-0.25, -0.2) is 9.97 Å². The van der Waals surface area contributed by atoms with Gasteiger partial charge < -0.3 is 9.84 Å². The maximum Gasteiger partial charge on any atom is 0.157 e. The van der Waals surface area contributed by atoms with Gasteiger partial charge in [-0.3, -0.25) is 0 Å². The number of halogens is 1.